The lowest BCUT2D eigenvalue weighted by Gasteiger charge is -2.40. The molecule has 0 saturated carbocycles. The molecule has 3 aliphatic heterocycles. The number of thioether (sulfide) groups is 1. The molecule has 8 nitrogen and oxygen atoms in total. The molecule has 3 fully saturated rings. The average molecular weight is 693 g/mol. The largest absolute Gasteiger partial charge is 0.394 e. The first kappa shape index (κ1) is 35.5. The minimum atomic E-state index is -0.874. The van der Waals surface area contributed by atoms with E-state index < -0.39 is 28.7 Å². The Kier molecular flexibility index (Phi) is 10.8. The molecular formula is C41H48N4O4S. The number of amides is 3. The maximum Gasteiger partial charge on any atom is 0.251 e. The predicted octanol–water partition coefficient (Wildman–Crippen LogP) is 5.97. The maximum absolute atomic E-state index is 15.2. The molecule has 1 spiro atoms. The molecule has 3 aliphatic rings. The number of carbonyl (C=O) groups excluding carboxylic acids is 3. The third kappa shape index (κ3) is 6.26. The monoisotopic (exact) mass is 692 g/mol. The quantitative estimate of drug-likeness (QED) is 0.198. The fourth-order valence-corrected chi connectivity index (χ4v) is 10.6. The molecule has 9 heteroatoms. The Labute approximate surface area is 300 Å². The summed E-state index contributed by atoms with van der Waals surface area (Å²) in [6.45, 7) is 14.1. The standard InChI is InChI=1S/C41H48N4O4S/c1-5-25-43(31-17-13-10-14-18-31)38(47)35-34-23-24-41(50-34)36(35)39(48)45(33(28-46)27-29-15-11-9-12-16-29)37(41)40(49)44(26-6-2)32-21-19-30(20-22-32)42(7-3)8-4/h5-6,9-22,33-37,46H,1-2,7-8,23-28H2,3-4H3/t33-,34-,35+,36+,37?,41?/m1/s1. The van der Waals surface area contributed by atoms with E-state index in [1.807, 2.05) is 84.9 Å². The van der Waals surface area contributed by atoms with Gasteiger partial charge in [0.25, 0.3) is 5.91 Å². The van der Waals surface area contributed by atoms with E-state index in [1.54, 1.807) is 38.6 Å². The van der Waals surface area contributed by atoms with Gasteiger partial charge in [-0.3, -0.25) is 14.4 Å². The highest BCUT2D eigenvalue weighted by Gasteiger charge is 2.74. The van der Waals surface area contributed by atoms with Crippen LogP contribution in [0.2, 0.25) is 0 Å². The van der Waals surface area contributed by atoms with Gasteiger partial charge in [-0.2, -0.15) is 0 Å². The van der Waals surface area contributed by atoms with Crippen molar-refractivity contribution in [2.75, 3.05) is 47.5 Å². The number of aliphatic hydroxyl groups is 1. The van der Waals surface area contributed by atoms with Crippen molar-refractivity contribution in [3.63, 3.8) is 0 Å². The van der Waals surface area contributed by atoms with E-state index in [-0.39, 0.29) is 36.1 Å². The molecule has 3 aromatic rings. The van der Waals surface area contributed by atoms with E-state index in [2.05, 4.69) is 31.9 Å². The highest BCUT2D eigenvalue weighted by Crippen LogP contribution is 2.67. The van der Waals surface area contributed by atoms with Crippen LogP contribution in [0.25, 0.3) is 0 Å². The lowest BCUT2D eigenvalue weighted by Crippen LogP contribution is -2.58. The topological polar surface area (TPSA) is 84.4 Å². The molecule has 1 N–H and O–H groups in total. The van der Waals surface area contributed by atoms with Gasteiger partial charge in [0.15, 0.2) is 0 Å². The number of hydrogen-bond donors (Lipinski definition) is 1. The van der Waals surface area contributed by atoms with Crippen molar-refractivity contribution in [1.29, 1.82) is 0 Å². The van der Waals surface area contributed by atoms with Gasteiger partial charge in [-0.25, -0.2) is 0 Å². The summed E-state index contributed by atoms with van der Waals surface area (Å²) in [5.74, 6) is -1.88. The van der Waals surface area contributed by atoms with Crippen molar-refractivity contribution < 1.29 is 19.5 Å². The summed E-state index contributed by atoms with van der Waals surface area (Å²) in [5.41, 5.74) is 3.49. The van der Waals surface area contributed by atoms with E-state index in [0.717, 1.165) is 36.4 Å². The lowest BCUT2D eigenvalue weighted by molar-refractivity contribution is -0.141. The van der Waals surface area contributed by atoms with Gasteiger partial charge in [0, 0.05) is 48.5 Å². The zero-order valence-electron chi connectivity index (χ0n) is 29.1. The normalized spacial score (nSPS) is 24.1. The summed E-state index contributed by atoms with van der Waals surface area (Å²) < 4.78 is -0.819. The Hall–Kier alpha value is -4.34. The molecule has 6 rings (SSSR count). The second-order valence-corrected chi connectivity index (χ2v) is 14.9. The molecule has 0 aromatic heterocycles. The third-order valence-electron chi connectivity index (χ3n) is 10.7. The average Bonchev–Trinajstić information content (AvgIpc) is 3.80. The zero-order valence-corrected chi connectivity index (χ0v) is 29.9. The molecule has 0 aliphatic carbocycles. The summed E-state index contributed by atoms with van der Waals surface area (Å²) in [7, 11) is 0. The number of rotatable bonds is 15. The van der Waals surface area contributed by atoms with E-state index >= 15 is 9.59 Å². The number of nitrogens with zero attached hydrogens (tertiary/aromatic N) is 4. The van der Waals surface area contributed by atoms with Gasteiger partial charge in [0.2, 0.25) is 11.8 Å². The van der Waals surface area contributed by atoms with E-state index in [0.29, 0.717) is 25.1 Å². The number of benzene rings is 3. The second kappa shape index (κ2) is 15.3. The smallest absolute Gasteiger partial charge is 0.251 e. The first-order chi connectivity index (χ1) is 24.3. The number of likely N-dealkylation sites (tertiary alicyclic amines) is 1. The van der Waals surface area contributed by atoms with E-state index in [9.17, 15) is 9.90 Å². The molecule has 6 atom stereocenters. The first-order valence-corrected chi connectivity index (χ1v) is 18.6. The number of fused-ring (bicyclic) bond motifs is 1. The van der Waals surface area contributed by atoms with Crippen molar-refractivity contribution in [3.05, 3.63) is 116 Å². The van der Waals surface area contributed by atoms with Crippen molar-refractivity contribution in [2.45, 2.75) is 55.2 Å². The molecule has 3 saturated heterocycles. The van der Waals surface area contributed by atoms with Crippen molar-refractivity contribution in [2.24, 2.45) is 11.8 Å². The highest BCUT2D eigenvalue weighted by molar-refractivity contribution is 8.02. The fourth-order valence-electron chi connectivity index (χ4n) is 8.45. The van der Waals surface area contributed by atoms with Crippen molar-refractivity contribution in [1.82, 2.24) is 4.90 Å². The third-order valence-corrected chi connectivity index (χ3v) is 12.6. The molecule has 3 heterocycles. The number of para-hydroxylation sites is 1. The molecule has 0 radical (unpaired) electrons. The highest BCUT2D eigenvalue weighted by atomic mass is 32.2. The SMILES string of the molecule is C=CCN(C(=O)C1N([C@@H](CO)Cc2ccccc2)C(=O)[C@@H]2[C@@H](C(=O)N(CC=C)c3ccccc3)[C@H]3CCC12S3)c1ccc(N(CC)CC)cc1. The molecule has 262 valence electrons. The van der Waals surface area contributed by atoms with Crippen LogP contribution in [0.15, 0.2) is 110 Å². The van der Waals surface area contributed by atoms with Crippen LogP contribution in [0.5, 0.6) is 0 Å². The molecular weight excluding hydrogens is 645 g/mol. The van der Waals surface area contributed by atoms with E-state index in [4.69, 9.17) is 0 Å². The van der Waals surface area contributed by atoms with Crippen LogP contribution in [-0.4, -0.2) is 82.6 Å². The number of anilines is 3. The Morgan fingerprint density at radius 2 is 1.44 bits per heavy atom. The lowest BCUT2D eigenvalue weighted by atomic mass is 9.70. The second-order valence-electron chi connectivity index (χ2n) is 13.3. The molecule has 2 unspecified atom stereocenters. The molecule has 50 heavy (non-hydrogen) atoms. The zero-order chi connectivity index (χ0) is 35.4. The number of aliphatic hydroxyl groups excluding tert-OH is 1. The summed E-state index contributed by atoms with van der Waals surface area (Å²) in [6, 6.07) is 25.7. The Bertz CT molecular complexity index is 1680. The van der Waals surface area contributed by atoms with Gasteiger partial charge in [-0.05, 0) is 75.1 Å². The van der Waals surface area contributed by atoms with Crippen LogP contribution in [-0.2, 0) is 20.8 Å². The van der Waals surface area contributed by atoms with Gasteiger partial charge in [-0.15, -0.1) is 24.9 Å². The minimum Gasteiger partial charge on any atom is -0.394 e. The maximum atomic E-state index is 15.2. The van der Waals surface area contributed by atoms with Crippen LogP contribution in [0.3, 0.4) is 0 Å². The first-order valence-electron chi connectivity index (χ1n) is 17.7. The Morgan fingerprint density at radius 1 is 0.880 bits per heavy atom. The summed E-state index contributed by atoms with van der Waals surface area (Å²) in [4.78, 5) is 52.2. The van der Waals surface area contributed by atoms with Crippen molar-refractivity contribution in [3.8, 4) is 0 Å². The van der Waals surface area contributed by atoms with Crippen LogP contribution in [0.1, 0.15) is 32.3 Å². The Morgan fingerprint density at radius 3 is 2.02 bits per heavy atom. The minimum absolute atomic E-state index is 0.104. The van der Waals surface area contributed by atoms with Gasteiger partial charge >= 0.3 is 0 Å². The molecule has 3 amide bonds. The van der Waals surface area contributed by atoms with Gasteiger partial charge in [-0.1, -0.05) is 60.7 Å². The molecule has 2 bridgehead atoms. The van der Waals surface area contributed by atoms with Crippen LogP contribution in [0.4, 0.5) is 17.1 Å². The van der Waals surface area contributed by atoms with Gasteiger partial charge < -0.3 is 24.7 Å². The van der Waals surface area contributed by atoms with Gasteiger partial charge in [0.05, 0.1) is 29.2 Å². The predicted molar refractivity (Wildman–Crippen MR) is 204 cm³/mol. The fraction of sp³-hybridized carbons (Fsp3) is 0.390. The summed E-state index contributed by atoms with van der Waals surface area (Å²) >= 11 is 1.64. The summed E-state index contributed by atoms with van der Waals surface area (Å²) in [5, 5.41) is 10.8. The van der Waals surface area contributed by atoms with Crippen molar-refractivity contribution >= 4 is 46.5 Å². The van der Waals surface area contributed by atoms with Crippen LogP contribution >= 0.6 is 11.8 Å². The number of carbonyl (C=O) groups is 3. The summed E-state index contributed by atoms with van der Waals surface area (Å²) in [6.07, 6.45) is 5.15. The Balaban J connectivity index is 1.43. The molecule has 3 aromatic carbocycles. The van der Waals surface area contributed by atoms with Crippen LogP contribution < -0.4 is 14.7 Å². The van der Waals surface area contributed by atoms with E-state index in [1.165, 1.54) is 0 Å². The number of hydrogen-bond acceptors (Lipinski definition) is 6. The van der Waals surface area contributed by atoms with Gasteiger partial charge in [0.1, 0.15) is 6.04 Å². The van der Waals surface area contributed by atoms with Crippen LogP contribution in [0, 0.1) is 11.8 Å².